The molecule has 2 aliphatic rings. The molecule has 0 spiro atoms. The van der Waals surface area contributed by atoms with E-state index < -0.39 is 17.8 Å². The third-order valence-electron chi connectivity index (χ3n) is 8.09. The molecule has 232 valence electrons. The van der Waals surface area contributed by atoms with Gasteiger partial charge in [-0.05, 0) is 56.7 Å². The number of carbonyl (C=O) groups excluding carboxylic acids is 3. The van der Waals surface area contributed by atoms with Crippen LogP contribution < -0.4 is 16.0 Å². The number of halogens is 4. The number of hydrogen-bond acceptors (Lipinski definition) is 6. The molecule has 0 atom stereocenters. The zero-order valence-corrected chi connectivity index (χ0v) is 24.5. The Labute approximate surface area is 255 Å². The van der Waals surface area contributed by atoms with Gasteiger partial charge in [0.1, 0.15) is 6.54 Å². The van der Waals surface area contributed by atoms with Crippen LogP contribution in [0, 0.1) is 17.2 Å². The van der Waals surface area contributed by atoms with Crippen LogP contribution in [0.3, 0.4) is 0 Å². The number of benzene rings is 1. The Hall–Kier alpha value is -4.38. The summed E-state index contributed by atoms with van der Waals surface area (Å²) in [6.45, 7) is -0.385. The first-order valence-corrected chi connectivity index (χ1v) is 14.6. The standard InChI is InChI=1S/C29H30ClF3N8O3/c1-40-23(21-15-41(12-11-34)39-24(21)29(31,32)33)14-35-25(40)28(44)38-19-9-10-20(22(30)13-19)27(43)37-18-7-5-17(6-8-18)36-26(42)16-3-2-4-16/h9-10,13-18H,2-8,12H2,1H3,(H,36,42)(H,37,43)(H,38,44). The number of hydrogen-bond donors (Lipinski definition) is 3. The second-order valence-electron chi connectivity index (χ2n) is 11.1. The Kier molecular flexibility index (Phi) is 8.96. The summed E-state index contributed by atoms with van der Waals surface area (Å²) in [6.07, 6.45) is 3.41. The van der Waals surface area contributed by atoms with Crippen LogP contribution in [-0.4, -0.2) is 49.1 Å². The fourth-order valence-corrected chi connectivity index (χ4v) is 5.71. The molecule has 3 amide bonds. The molecule has 5 rings (SSSR count). The lowest BCUT2D eigenvalue weighted by Crippen LogP contribution is -2.46. The van der Waals surface area contributed by atoms with Crippen molar-refractivity contribution in [1.29, 1.82) is 5.26 Å². The number of imidazole rings is 1. The summed E-state index contributed by atoms with van der Waals surface area (Å²) in [5, 5.41) is 21.1. The van der Waals surface area contributed by atoms with Gasteiger partial charge in [0.05, 0.1) is 34.1 Å². The van der Waals surface area contributed by atoms with Gasteiger partial charge in [0, 0.05) is 36.9 Å². The number of anilines is 1. The van der Waals surface area contributed by atoms with Crippen molar-refractivity contribution in [3.63, 3.8) is 0 Å². The van der Waals surface area contributed by atoms with Crippen molar-refractivity contribution >= 4 is 35.0 Å². The Morgan fingerprint density at radius 2 is 1.75 bits per heavy atom. The largest absolute Gasteiger partial charge is 0.435 e. The van der Waals surface area contributed by atoms with Gasteiger partial charge < -0.3 is 20.5 Å². The van der Waals surface area contributed by atoms with Gasteiger partial charge in [0.25, 0.3) is 11.8 Å². The quantitative estimate of drug-likeness (QED) is 0.329. The Morgan fingerprint density at radius 1 is 1.07 bits per heavy atom. The van der Waals surface area contributed by atoms with E-state index >= 15 is 0 Å². The molecular weight excluding hydrogens is 601 g/mol. The molecule has 11 nitrogen and oxygen atoms in total. The highest BCUT2D eigenvalue weighted by atomic mass is 35.5. The van der Waals surface area contributed by atoms with Gasteiger partial charge in [-0.3, -0.25) is 19.1 Å². The van der Waals surface area contributed by atoms with E-state index in [4.69, 9.17) is 16.9 Å². The highest BCUT2D eigenvalue weighted by molar-refractivity contribution is 6.34. The van der Waals surface area contributed by atoms with Crippen molar-refractivity contribution < 1.29 is 27.6 Å². The van der Waals surface area contributed by atoms with Crippen LogP contribution in [0.15, 0.2) is 30.6 Å². The van der Waals surface area contributed by atoms with Gasteiger partial charge in [-0.1, -0.05) is 18.0 Å². The van der Waals surface area contributed by atoms with Gasteiger partial charge in [-0.2, -0.15) is 23.5 Å². The SMILES string of the molecule is Cn1c(-c2cn(CC#N)nc2C(F)(F)F)cnc1C(=O)Nc1ccc(C(=O)NC2CCC(NC(=O)C3CCC3)CC2)c(Cl)c1. The second kappa shape index (κ2) is 12.7. The third kappa shape index (κ3) is 6.72. The van der Waals surface area contributed by atoms with Crippen LogP contribution in [0.2, 0.25) is 5.02 Å². The average Bonchev–Trinajstić information content (AvgIpc) is 3.52. The van der Waals surface area contributed by atoms with Crippen LogP contribution in [0.5, 0.6) is 0 Å². The molecule has 0 saturated heterocycles. The Morgan fingerprint density at radius 3 is 2.34 bits per heavy atom. The molecule has 0 aliphatic heterocycles. The molecular formula is C29H30ClF3N8O3. The number of nitrogens with one attached hydrogen (secondary N) is 3. The highest BCUT2D eigenvalue weighted by Crippen LogP contribution is 2.36. The van der Waals surface area contributed by atoms with Crippen molar-refractivity contribution in [2.75, 3.05) is 5.32 Å². The summed E-state index contributed by atoms with van der Waals surface area (Å²) in [5.41, 5.74) is -1.08. The van der Waals surface area contributed by atoms with Crippen molar-refractivity contribution in [2.24, 2.45) is 13.0 Å². The Bertz CT molecular complexity index is 1610. The predicted octanol–water partition coefficient (Wildman–Crippen LogP) is 4.69. The van der Waals surface area contributed by atoms with Crippen LogP contribution >= 0.6 is 11.6 Å². The first-order chi connectivity index (χ1) is 20.9. The number of amides is 3. The maximum absolute atomic E-state index is 13.6. The van der Waals surface area contributed by atoms with Gasteiger partial charge in [-0.15, -0.1) is 0 Å². The van der Waals surface area contributed by atoms with Gasteiger partial charge >= 0.3 is 6.18 Å². The maximum atomic E-state index is 13.6. The normalized spacial score (nSPS) is 18.6. The molecule has 2 aliphatic carbocycles. The first-order valence-electron chi connectivity index (χ1n) is 14.2. The molecule has 1 aromatic carbocycles. The van der Waals surface area contributed by atoms with Crippen LogP contribution in [0.1, 0.15) is 71.6 Å². The second-order valence-corrected chi connectivity index (χ2v) is 11.5. The maximum Gasteiger partial charge on any atom is 0.435 e. The summed E-state index contributed by atoms with van der Waals surface area (Å²) in [7, 11) is 1.38. The molecule has 0 bridgehead atoms. The molecule has 0 radical (unpaired) electrons. The molecule has 3 aromatic rings. The molecule has 2 saturated carbocycles. The minimum absolute atomic E-state index is 0.0218. The van der Waals surface area contributed by atoms with E-state index in [1.165, 1.54) is 29.8 Å². The number of carbonyl (C=O) groups is 3. The average molecular weight is 631 g/mol. The van der Waals surface area contributed by atoms with E-state index in [2.05, 4.69) is 26.0 Å². The molecule has 3 N–H and O–H groups in total. The zero-order valence-electron chi connectivity index (χ0n) is 23.7. The van der Waals surface area contributed by atoms with Gasteiger partial charge in [-0.25, -0.2) is 4.98 Å². The minimum Gasteiger partial charge on any atom is -0.353 e. The van der Waals surface area contributed by atoms with Crippen molar-refractivity contribution in [3.05, 3.63) is 52.7 Å². The number of aromatic nitrogens is 4. The minimum atomic E-state index is -4.79. The molecule has 2 fully saturated rings. The monoisotopic (exact) mass is 630 g/mol. The van der Waals surface area contributed by atoms with E-state index in [1.54, 1.807) is 6.07 Å². The fourth-order valence-electron chi connectivity index (χ4n) is 5.44. The van der Waals surface area contributed by atoms with Crippen molar-refractivity contribution in [1.82, 2.24) is 30.0 Å². The summed E-state index contributed by atoms with van der Waals surface area (Å²) in [6, 6.07) is 6.16. The van der Waals surface area contributed by atoms with E-state index in [0.29, 0.717) is 0 Å². The van der Waals surface area contributed by atoms with Crippen LogP contribution in [0.25, 0.3) is 11.3 Å². The third-order valence-corrected chi connectivity index (χ3v) is 8.40. The molecule has 0 unspecified atom stereocenters. The first kappa shape index (κ1) is 31.1. The van der Waals surface area contributed by atoms with E-state index in [9.17, 15) is 27.6 Å². The van der Waals surface area contributed by atoms with Crippen LogP contribution in [0.4, 0.5) is 18.9 Å². The summed E-state index contributed by atoms with van der Waals surface area (Å²) in [5.74, 6) is -0.988. The van der Waals surface area contributed by atoms with Gasteiger partial charge in [0.2, 0.25) is 5.91 Å². The van der Waals surface area contributed by atoms with Crippen LogP contribution in [-0.2, 0) is 24.6 Å². The predicted molar refractivity (Wildman–Crippen MR) is 153 cm³/mol. The topological polar surface area (TPSA) is 147 Å². The highest BCUT2D eigenvalue weighted by Gasteiger charge is 2.38. The van der Waals surface area contributed by atoms with E-state index in [0.717, 1.165) is 62.0 Å². The molecule has 15 heteroatoms. The lowest BCUT2D eigenvalue weighted by atomic mass is 9.84. The van der Waals surface area contributed by atoms with Gasteiger partial charge in [0.15, 0.2) is 11.5 Å². The molecule has 2 aromatic heterocycles. The van der Waals surface area contributed by atoms with E-state index in [1.807, 2.05) is 0 Å². The summed E-state index contributed by atoms with van der Waals surface area (Å²) < 4.78 is 42.9. The zero-order chi connectivity index (χ0) is 31.6. The smallest absolute Gasteiger partial charge is 0.353 e. The molecule has 44 heavy (non-hydrogen) atoms. The number of nitriles is 1. The van der Waals surface area contributed by atoms with Crippen molar-refractivity contribution in [2.45, 2.75) is 69.8 Å². The number of nitrogens with zero attached hydrogens (tertiary/aromatic N) is 5. The van der Waals surface area contributed by atoms with E-state index in [-0.39, 0.29) is 69.7 Å². The fraction of sp³-hybridized carbons (Fsp3) is 0.448. The number of alkyl halides is 3. The summed E-state index contributed by atoms with van der Waals surface area (Å²) in [4.78, 5) is 42.1. The summed E-state index contributed by atoms with van der Waals surface area (Å²) >= 11 is 6.39. The molecule has 2 heterocycles. The Balaban J connectivity index is 1.20. The van der Waals surface area contributed by atoms with Crippen molar-refractivity contribution in [3.8, 4) is 17.3 Å². The lowest BCUT2D eigenvalue weighted by molar-refractivity contribution is -0.141. The lowest BCUT2D eigenvalue weighted by Gasteiger charge is -2.32. The number of rotatable bonds is 8.